The third-order valence-corrected chi connectivity index (χ3v) is 14.5. The summed E-state index contributed by atoms with van der Waals surface area (Å²) in [4.78, 5) is 12.5. The monoisotopic (exact) mass is 555 g/mol. The smallest absolute Gasteiger partial charge is 0.407 e. The van der Waals surface area contributed by atoms with Gasteiger partial charge in [0.05, 0.1) is 6.10 Å². The highest BCUT2D eigenvalue weighted by atomic mass is 16.6. The summed E-state index contributed by atoms with van der Waals surface area (Å²) < 4.78 is 5.56. The molecule has 228 valence electrons. The van der Waals surface area contributed by atoms with Gasteiger partial charge in [0, 0.05) is 6.54 Å². The fourth-order valence-electron chi connectivity index (χ4n) is 12.4. The van der Waals surface area contributed by atoms with Crippen molar-refractivity contribution in [3.05, 3.63) is 12.2 Å². The number of nitrogens with one attached hydrogen (secondary N) is 1. The van der Waals surface area contributed by atoms with E-state index in [1.165, 1.54) is 63.4 Å². The summed E-state index contributed by atoms with van der Waals surface area (Å²) in [5.41, 5.74) is 2.19. The fraction of sp³-hybridized carbons (Fsp3) is 0.917. The van der Waals surface area contributed by atoms with Gasteiger partial charge >= 0.3 is 6.09 Å². The Morgan fingerprint density at radius 3 is 2.25 bits per heavy atom. The van der Waals surface area contributed by atoms with Crippen LogP contribution in [0, 0.1) is 56.7 Å². The largest absolute Gasteiger partial charge is 0.444 e. The molecule has 0 radical (unpaired) electrons. The van der Waals surface area contributed by atoms with E-state index in [1.54, 1.807) is 0 Å². The molecule has 0 heterocycles. The van der Waals surface area contributed by atoms with Crippen molar-refractivity contribution >= 4 is 6.09 Å². The number of fused-ring (bicyclic) bond motifs is 7. The molecule has 1 amide bonds. The fourth-order valence-corrected chi connectivity index (χ4v) is 12.4. The van der Waals surface area contributed by atoms with Crippen molar-refractivity contribution in [1.29, 1.82) is 0 Å². The van der Waals surface area contributed by atoms with Crippen LogP contribution in [0.15, 0.2) is 12.2 Å². The number of rotatable bonds is 4. The Hall–Kier alpha value is -1.03. The number of carbonyl (C=O) groups excluding carboxylic acids is 1. The van der Waals surface area contributed by atoms with E-state index < -0.39 is 5.60 Å². The van der Waals surface area contributed by atoms with Crippen molar-refractivity contribution in [2.45, 2.75) is 145 Å². The number of aliphatic hydroxyl groups excluding tert-OH is 1. The van der Waals surface area contributed by atoms with Gasteiger partial charge in [-0.3, -0.25) is 0 Å². The average molecular weight is 556 g/mol. The summed E-state index contributed by atoms with van der Waals surface area (Å²) in [6.07, 6.45) is 13.1. The van der Waals surface area contributed by atoms with Gasteiger partial charge in [-0.1, -0.05) is 46.8 Å². The molecule has 0 aromatic rings. The lowest BCUT2D eigenvalue weighted by atomic mass is 9.32. The quantitative estimate of drug-likeness (QED) is 0.340. The molecule has 5 saturated carbocycles. The number of carbonyl (C=O) groups is 1. The van der Waals surface area contributed by atoms with Crippen molar-refractivity contribution in [2.75, 3.05) is 6.54 Å². The minimum atomic E-state index is -0.467. The van der Waals surface area contributed by atoms with E-state index in [2.05, 4.69) is 53.4 Å². The molecule has 0 aromatic heterocycles. The second-order valence-electron chi connectivity index (χ2n) is 17.6. The number of alkyl carbamates (subject to hydrolysis) is 1. The van der Waals surface area contributed by atoms with Gasteiger partial charge < -0.3 is 15.2 Å². The van der Waals surface area contributed by atoms with E-state index >= 15 is 0 Å². The Balaban J connectivity index is 1.42. The lowest BCUT2D eigenvalue weighted by Gasteiger charge is -2.73. The summed E-state index contributed by atoms with van der Waals surface area (Å²) in [6.45, 7) is 26.0. The first-order valence-electron chi connectivity index (χ1n) is 16.7. The zero-order chi connectivity index (χ0) is 29.5. The lowest BCUT2D eigenvalue weighted by Crippen LogP contribution is -2.66. The van der Waals surface area contributed by atoms with Crippen LogP contribution in [0.5, 0.6) is 0 Å². The number of aliphatic hydroxyl groups is 1. The standard InChI is InChI=1S/C36H61NO3/c1-23(2)24-13-18-36(21-22-37-30(39)40-31(3,4)5)20-19-34(9)25(29(24)36)11-12-27-33(8)16-15-28(38)32(6,7)26(33)14-17-35(27,34)10/h24-29,38H,1,11-22H2,2-10H3,(H,37,39)/t24-,25?,26?,27?,28-,29?,33-,34+,35+,36+/m0/s1. The number of ether oxygens (including phenoxy) is 1. The van der Waals surface area contributed by atoms with Gasteiger partial charge in [-0.25, -0.2) is 4.79 Å². The third kappa shape index (κ3) is 4.43. The summed E-state index contributed by atoms with van der Waals surface area (Å²) in [5, 5.41) is 14.1. The molecule has 4 heteroatoms. The lowest BCUT2D eigenvalue weighted by molar-refractivity contribution is -0.247. The second kappa shape index (κ2) is 9.75. The predicted octanol–water partition coefficient (Wildman–Crippen LogP) is 8.92. The molecule has 5 aliphatic carbocycles. The van der Waals surface area contributed by atoms with Gasteiger partial charge in [-0.15, -0.1) is 0 Å². The van der Waals surface area contributed by atoms with Crippen LogP contribution < -0.4 is 5.32 Å². The molecule has 0 spiro atoms. The molecular formula is C36H61NO3. The van der Waals surface area contributed by atoms with E-state index in [4.69, 9.17) is 4.74 Å². The highest BCUT2D eigenvalue weighted by Gasteiger charge is 2.70. The molecule has 0 saturated heterocycles. The van der Waals surface area contributed by atoms with Crippen LogP contribution in [-0.4, -0.2) is 29.4 Å². The van der Waals surface area contributed by atoms with Crippen molar-refractivity contribution < 1.29 is 14.6 Å². The van der Waals surface area contributed by atoms with Crippen LogP contribution in [-0.2, 0) is 4.74 Å². The summed E-state index contributed by atoms with van der Waals surface area (Å²) in [5.74, 6) is 3.32. The Labute approximate surface area is 245 Å². The first kappa shape index (κ1) is 30.4. The maximum atomic E-state index is 12.5. The van der Waals surface area contributed by atoms with Crippen molar-refractivity contribution in [2.24, 2.45) is 56.7 Å². The Kier molecular flexibility index (Phi) is 7.41. The minimum absolute atomic E-state index is 0.00540. The molecule has 0 aromatic carbocycles. The van der Waals surface area contributed by atoms with Crippen LogP contribution >= 0.6 is 0 Å². The van der Waals surface area contributed by atoms with Crippen LogP contribution in [0.2, 0.25) is 0 Å². The minimum Gasteiger partial charge on any atom is -0.444 e. The molecule has 4 nitrogen and oxygen atoms in total. The molecule has 40 heavy (non-hydrogen) atoms. The van der Waals surface area contributed by atoms with E-state index in [9.17, 15) is 9.90 Å². The molecule has 0 bridgehead atoms. The van der Waals surface area contributed by atoms with Gasteiger partial charge in [-0.2, -0.15) is 0 Å². The van der Waals surface area contributed by atoms with Crippen LogP contribution in [0.25, 0.3) is 0 Å². The van der Waals surface area contributed by atoms with Crippen LogP contribution in [0.1, 0.15) is 133 Å². The molecule has 5 fully saturated rings. The topological polar surface area (TPSA) is 58.6 Å². The number of hydrogen-bond acceptors (Lipinski definition) is 3. The van der Waals surface area contributed by atoms with Crippen molar-refractivity contribution in [3.63, 3.8) is 0 Å². The van der Waals surface area contributed by atoms with Gasteiger partial charge in [0.25, 0.3) is 0 Å². The zero-order valence-electron chi connectivity index (χ0n) is 27.4. The second-order valence-corrected chi connectivity index (χ2v) is 17.6. The number of amides is 1. The number of hydrogen-bond donors (Lipinski definition) is 2. The summed E-state index contributed by atoms with van der Waals surface area (Å²) in [7, 11) is 0. The van der Waals surface area contributed by atoms with E-state index in [0.29, 0.717) is 46.0 Å². The molecule has 2 N–H and O–H groups in total. The van der Waals surface area contributed by atoms with Crippen LogP contribution in [0.3, 0.4) is 0 Å². The maximum absolute atomic E-state index is 12.5. The maximum Gasteiger partial charge on any atom is 0.407 e. The number of allylic oxidation sites excluding steroid dienone is 1. The molecular weight excluding hydrogens is 494 g/mol. The zero-order valence-corrected chi connectivity index (χ0v) is 27.4. The average Bonchev–Trinajstić information content (AvgIpc) is 3.21. The van der Waals surface area contributed by atoms with Gasteiger partial charge in [-0.05, 0) is 155 Å². The molecule has 0 aliphatic heterocycles. The summed E-state index contributed by atoms with van der Waals surface area (Å²) in [6, 6.07) is 0. The van der Waals surface area contributed by atoms with Gasteiger partial charge in [0.15, 0.2) is 0 Å². The van der Waals surface area contributed by atoms with Gasteiger partial charge in [0.2, 0.25) is 0 Å². The van der Waals surface area contributed by atoms with E-state index in [0.717, 1.165) is 24.7 Å². The third-order valence-electron chi connectivity index (χ3n) is 14.5. The van der Waals surface area contributed by atoms with Crippen molar-refractivity contribution in [3.8, 4) is 0 Å². The van der Waals surface area contributed by atoms with Crippen LogP contribution in [0.4, 0.5) is 4.79 Å². The van der Waals surface area contributed by atoms with E-state index in [-0.39, 0.29) is 17.6 Å². The Morgan fingerprint density at radius 2 is 1.60 bits per heavy atom. The molecule has 10 atom stereocenters. The van der Waals surface area contributed by atoms with E-state index in [1.807, 2.05) is 20.8 Å². The normalized spacial score (nSPS) is 47.8. The van der Waals surface area contributed by atoms with Crippen molar-refractivity contribution in [1.82, 2.24) is 5.32 Å². The highest BCUT2D eigenvalue weighted by Crippen LogP contribution is 2.77. The predicted molar refractivity (Wildman–Crippen MR) is 164 cm³/mol. The Morgan fingerprint density at radius 1 is 0.900 bits per heavy atom. The van der Waals surface area contributed by atoms with Gasteiger partial charge in [0.1, 0.15) is 5.60 Å². The first-order chi connectivity index (χ1) is 18.4. The molecule has 5 rings (SSSR count). The summed E-state index contributed by atoms with van der Waals surface area (Å²) >= 11 is 0. The highest BCUT2D eigenvalue weighted by molar-refractivity contribution is 5.67. The Bertz CT molecular complexity index is 1010. The first-order valence-corrected chi connectivity index (χ1v) is 16.7. The SMILES string of the molecule is C=C(C)[C@@H]1CC[C@]2(CCNC(=O)OC(C)(C)C)CC[C@]3(C)C(CCC4[C@@]5(C)CC[C@H](O)C(C)(C)C5CC[C@]43C)C12. The molecule has 4 unspecified atom stereocenters. The molecule has 5 aliphatic rings.